The van der Waals surface area contributed by atoms with Crippen molar-refractivity contribution in [1.29, 1.82) is 0 Å². The Morgan fingerprint density at radius 1 is 1.24 bits per heavy atom. The minimum absolute atomic E-state index is 0. The third-order valence-electron chi connectivity index (χ3n) is 2.72. The molecule has 0 bridgehead atoms. The van der Waals surface area contributed by atoms with Gasteiger partial charge in [-0.25, -0.2) is 0 Å². The van der Waals surface area contributed by atoms with Crippen molar-refractivity contribution in [2.24, 2.45) is 11.7 Å². The summed E-state index contributed by atoms with van der Waals surface area (Å²) in [4.78, 5) is 23.8. The number of nitrogens with one attached hydrogen (secondary N) is 2. The molecule has 0 spiro atoms. The molecule has 5 nitrogen and oxygen atoms in total. The monoisotopic (exact) mass is 313 g/mol. The Kier molecular flexibility index (Phi) is 9.41. The first kappa shape index (κ1) is 19.4. The van der Waals surface area contributed by atoms with Crippen LogP contribution in [-0.2, 0) is 4.79 Å². The molecule has 0 aliphatic carbocycles. The molecule has 0 heterocycles. The molecule has 0 unspecified atom stereocenters. The van der Waals surface area contributed by atoms with Crippen LogP contribution in [0.2, 0.25) is 0 Å². The lowest BCUT2D eigenvalue weighted by Gasteiger charge is -2.12. The van der Waals surface area contributed by atoms with Gasteiger partial charge in [0.05, 0.1) is 11.3 Å². The summed E-state index contributed by atoms with van der Waals surface area (Å²) in [6.07, 6.45) is 0.992. The molecule has 0 saturated carbocycles. The minimum atomic E-state index is -0.173. The summed E-state index contributed by atoms with van der Waals surface area (Å²) in [5.41, 5.74) is 6.39. The summed E-state index contributed by atoms with van der Waals surface area (Å²) in [6.45, 7) is 5.14. The van der Waals surface area contributed by atoms with Gasteiger partial charge >= 0.3 is 0 Å². The molecule has 0 aliphatic heterocycles. The summed E-state index contributed by atoms with van der Waals surface area (Å²) in [7, 11) is 0. The van der Waals surface area contributed by atoms with Gasteiger partial charge < -0.3 is 16.4 Å². The van der Waals surface area contributed by atoms with Crippen LogP contribution in [0.3, 0.4) is 0 Å². The average molecular weight is 314 g/mol. The van der Waals surface area contributed by atoms with E-state index < -0.39 is 0 Å². The zero-order valence-corrected chi connectivity index (χ0v) is 13.3. The van der Waals surface area contributed by atoms with E-state index in [0.29, 0.717) is 43.1 Å². The summed E-state index contributed by atoms with van der Waals surface area (Å²) < 4.78 is 0. The summed E-state index contributed by atoms with van der Waals surface area (Å²) in [5, 5.41) is 5.60. The smallest absolute Gasteiger partial charge is 0.253 e. The van der Waals surface area contributed by atoms with Crippen molar-refractivity contribution in [3.63, 3.8) is 0 Å². The Hall–Kier alpha value is -1.59. The van der Waals surface area contributed by atoms with E-state index in [4.69, 9.17) is 5.73 Å². The van der Waals surface area contributed by atoms with Crippen LogP contribution in [0.25, 0.3) is 0 Å². The number of nitrogens with two attached hydrogens (primary N) is 1. The second kappa shape index (κ2) is 10.2. The summed E-state index contributed by atoms with van der Waals surface area (Å²) >= 11 is 0. The lowest BCUT2D eigenvalue weighted by atomic mass is 10.1. The quantitative estimate of drug-likeness (QED) is 0.721. The number of carbonyl (C=O) groups excluding carboxylic acids is 2. The van der Waals surface area contributed by atoms with Gasteiger partial charge in [0.15, 0.2) is 0 Å². The zero-order valence-electron chi connectivity index (χ0n) is 12.5. The van der Waals surface area contributed by atoms with Crippen molar-refractivity contribution in [2.75, 3.05) is 18.4 Å². The first-order valence-electron chi connectivity index (χ1n) is 6.91. The van der Waals surface area contributed by atoms with Crippen molar-refractivity contribution < 1.29 is 9.59 Å². The highest BCUT2D eigenvalue weighted by Crippen LogP contribution is 2.15. The Labute approximate surface area is 132 Å². The zero-order chi connectivity index (χ0) is 15.0. The van der Waals surface area contributed by atoms with E-state index in [1.54, 1.807) is 24.3 Å². The number of anilines is 1. The molecule has 0 radical (unpaired) electrons. The fourth-order valence-electron chi connectivity index (χ4n) is 1.66. The van der Waals surface area contributed by atoms with Crippen molar-refractivity contribution in [2.45, 2.75) is 26.7 Å². The number of rotatable bonds is 7. The van der Waals surface area contributed by atoms with Gasteiger partial charge in [0.25, 0.3) is 5.91 Å². The van der Waals surface area contributed by atoms with Crippen LogP contribution < -0.4 is 16.4 Å². The third kappa shape index (κ3) is 7.11. The second-order valence-electron chi connectivity index (χ2n) is 5.09. The maximum atomic E-state index is 12.1. The lowest BCUT2D eigenvalue weighted by Crippen LogP contribution is -2.28. The molecule has 1 aromatic carbocycles. The predicted octanol–water partition coefficient (Wildman–Crippen LogP) is 2.17. The van der Waals surface area contributed by atoms with Gasteiger partial charge in [-0.2, -0.15) is 0 Å². The van der Waals surface area contributed by atoms with Crippen LogP contribution in [0.5, 0.6) is 0 Å². The van der Waals surface area contributed by atoms with Crippen LogP contribution in [0.4, 0.5) is 5.69 Å². The van der Waals surface area contributed by atoms with E-state index in [0.717, 1.165) is 0 Å². The molecular weight excluding hydrogens is 290 g/mol. The van der Waals surface area contributed by atoms with E-state index in [-0.39, 0.29) is 24.2 Å². The van der Waals surface area contributed by atoms with E-state index in [1.807, 2.05) is 13.8 Å². The van der Waals surface area contributed by atoms with E-state index >= 15 is 0 Å². The molecule has 4 N–H and O–H groups in total. The lowest BCUT2D eigenvalue weighted by molar-refractivity contribution is -0.116. The molecule has 21 heavy (non-hydrogen) atoms. The summed E-state index contributed by atoms with van der Waals surface area (Å²) in [6, 6.07) is 7.00. The molecule has 1 rings (SSSR count). The normalized spacial score (nSPS) is 9.90. The van der Waals surface area contributed by atoms with Crippen molar-refractivity contribution in [3.05, 3.63) is 29.8 Å². The van der Waals surface area contributed by atoms with E-state index in [2.05, 4.69) is 10.6 Å². The Morgan fingerprint density at radius 3 is 2.52 bits per heavy atom. The topological polar surface area (TPSA) is 84.2 Å². The maximum absolute atomic E-state index is 12.1. The number of halogens is 1. The standard InChI is InChI=1S/C15H23N3O2.ClH/c1-11(2)10-17-15(20)12-6-3-4-7-13(12)18-14(19)8-5-9-16;/h3-4,6-7,11H,5,8-10,16H2,1-2H3,(H,17,20)(H,18,19);1H. The number of benzene rings is 1. The Balaban J connectivity index is 0.00000400. The molecule has 0 atom stereocenters. The minimum Gasteiger partial charge on any atom is -0.352 e. The van der Waals surface area contributed by atoms with E-state index in [9.17, 15) is 9.59 Å². The van der Waals surface area contributed by atoms with Crippen LogP contribution in [0.1, 0.15) is 37.0 Å². The molecule has 0 aromatic heterocycles. The first-order chi connectivity index (χ1) is 9.54. The van der Waals surface area contributed by atoms with Gasteiger partial charge in [0.1, 0.15) is 0 Å². The highest BCUT2D eigenvalue weighted by atomic mass is 35.5. The van der Waals surface area contributed by atoms with Crippen LogP contribution in [-0.4, -0.2) is 24.9 Å². The predicted molar refractivity (Wildman–Crippen MR) is 87.8 cm³/mol. The molecule has 0 saturated heterocycles. The Morgan fingerprint density at radius 2 is 1.90 bits per heavy atom. The third-order valence-corrected chi connectivity index (χ3v) is 2.72. The van der Waals surface area contributed by atoms with Crippen molar-refractivity contribution in [3.8, 4) is 0 Å². The van der Waals surface area contributed by atoms with E-state index in [1.165, 1.54) is 0 Å². The SMILES string of the molecule is CC(C)CNC(=O)c1ccccc1NC(=O)CCCN.Cl. The van der Waals surface area contributed by atoms with Gasteiger partial charge in [0, 0.05) is 13.0 Å². The number of hydrogen-bond donors (Lipinski definition) is 3. The molecule has 0 aliphatic rings. The molecule has 6 heteroatoms. The number of amides is 2. The molecule has 118 valence electrons. The molecule has 2 amide bonds. The summed E-state index contributed by atoms with van der Waals surface area (Å²) in [5.74, 6) is 0.0817. The van der Waals surface area contributed by atoms with Crippen LogP contribution in [0, 0.1) is 5.92 Å². The van der Waals surface area contributed by atoms with Crippen LogP contribution in [0.15, 0.2) is 24.3 Å². The average Bonchev–Trinajstić information content (AvgIpc) is 2.43. The molecular formula is C15H24ClN3O2. The van der Waals surface area contributed by atoms with Crippen molar-refractivity contribution >= 4 is 29.9 Å². The number of carbonyl (C=O) groups is 2. The first-order valence-corrected chi connectivity index (χ1v) is 6.91. The maximum Gasteiger partial charge on any atom is 0.253 e. The van der Waals surface area contributed by atoms with Gasteiger partial charge in [-0.05, 0) is 31.0 Å². The fraction of sp³-hybridized carbons (Fsp3) is 0.467. The number of hydrogen-bond acceptors (Lipinski definition) is 3. The molecule has 0 fully saturated rings. The Bertz CT molecular complexity index is 464. The van der Waals surface area contributed by atoms with Crippen LogP contribution >= 0.6 is 12.4 Å². The van der Waals surface area contributed by atoms with Crippen molar-refractivity contribution in [1.82, 2.24) is 5.32 Å². The van der Waals surface area contributed by atoms with Gasteiger partial charge in [0.2, 0.25) is 5.91 Å². The highest BCUT2D eigenvalue weighted by Gasteiger charge is 2.12. The highest BCUT2D eigenvalue weighted by molar-refractivity contribution is 6.03. The second-order valence-corrected chi connectivity index (χ2v) is 5.09. The van der Waals surface area contributed by atoms with Gasteiger partial charge in [-0.3, -0.25) is 9.59 Å². The largest absolute Gasteiger partial charge is 0.352 e. The fourth-order valence-corrected chi connectivity index (χ4v) is 1.66. The number of para-hydroxylation sites is 1. The van der Waals surface area contributed by atoms with Gasteiger partial charge in [-0.15, -0.1) is 12.4 Å². The van der Waals surface area contributed by atoms with Gasteiger partial charge in [-0.1, -0.05) is 26.0 Å². The molecule has 1 aromatic rings.